The first-order valence-electron chi connectivity index (χ1n) is 5.23. The molecule has 0 aromatic carbocycles. The molecule has 0 aliphatic heterocycles. The Morgan fingerprint density at radius 3 is 2.75 bits per heavy atom. The van der Waals surface area contributed by atoms with E-state index in [1.807, 2.05) is 20.8 Å². The zero-order chi connectivity index (χ0) is 12.0. The number of amides is 1. The van der Waals surface area contributed by atoms with Gasteiger partial charge in [0.05, 0.1) is 30.2 Å². The largest absolute Gasteiger partial charge is 0.369 e. The summed E-state index contributed by atoms with van der Waals surface area (Å²) in [6, 6.07) is 0. The Kier molecular flexibility index (Phi) is 4.85. The summed E-state index contributed by atoms with van der Waals surface area (Å²) in [7, 11) is 0. The molecule has 0 spiro atoms. The summed E-state index contributed by atoms with van der Waals surface area (Å²) in [4.78, 5) is 19.5. The molecule has 0 unspecified atom stereocenters. The molecular weight excluding hydrogens is 206 g/mol. The van der Waals surface area contributed by atoms with Crippen molar-refractivity contribution in [1.29, 1.82) is 0 Å². The van der Waals surface area contributed by atoms with Crippen LogP contribution in [0.25, 0.3) is 0 Å². The highest BCUT2D eigenvalue weighted by atomic mass is 16.5. The van der Waals surface area contributed by atoms with E-state index in [1.54, 1.807) is 12.4 Å². The van der Waals surface area contributed by atoms with E-state index >= 15 is 0 Å². The van der Waals surface area contributed by atoms with Gasteiger partial charge in [-0.3, -0.25) is 14.8 Å². The van der Waals surface area contributed by atoms with Crippen LogP contribution in [0.4, 0.5) is 0 Å². The van der Waals surface area contributed by atoms with E-state index in [2.05, 4.69) is 15.3 Å². The van der Waals surface area contributed by atoms with Crippen molar-refractivity contribution in [3.05, 3.63) is 23.8 Å². The van der Waals surface area contributed by atoms with E-state index in [1.165, 1.54) is 0 Å². The van der Waals surface area contributed by atoms with E-state index < -0.39 is 0 Å². The van der Waals surface area contributed by atoms with Crippen LogP contribution in [0, 0.1) is 6.92 Å². The van der Waals surface area contributed by atoms with Gasteiger partial charge in [-0.2, -0.15) is 0 Å². The van der Waals surface area contributed by atoms with Gasteiger partial charge < -0.3 is 10.1 Å². The summed E-state index contributed by atoms with van der Waals surface area (Å²) >= 11 is 0. The molecule has 1 aromatic rings. The van der Waals surface area contributed by atoms with E-state index in [4.69, 9.17) is 4.74 Å². The topological polar surface area (TPSA) is 64.1 Å². The average Bonchev–Trinajstić information content (AvgIpc) is 2.25. The lowest BCUT2D eigenvalue weighted by atomic mass is 10.4. The second-order valence-corrected chi connectivity index (χ2v) is 3.79. The second kappa shape index (κ2) is 6.17. The number of aryl methyl sites for hydroxylation is 1. The molecule has 0 saturated heterocycles. The second-order valence-electron chi connectivity index (χ2n) is 3.79. The molecule has 0 fully saturated rings. The normalized spacial score (nSPS) is 10.5. The van der Waals surface area contributed by atoms with Gasteiger partial charge in [0.1, 0.15) is 6.61 Å². The number of carbonyl (C=O) groups excluding carboxylic acids is 1. The lowest BCUT2D eigenvalue weighted by Gasteiger charge is -2.07. The van der Waals surface area contributed by atoms with E-state index in [0.717, 1.165) is 11.4 Å². The van der Waals surface area contributed by atoms with Crippen LogP contribution in [-0.2, 0) is 16.1 Å². The van der Waals surface area contributed by atoms with Crippen LogP contribution in [0.15, 0.2) is 12.4 Å². The van der Waals surface area contributed by atoms with Crippen molar-refractivity contribution >= 4 is 5.91 Å². The summed E-state index contributed by atoms with van der Waals surface area (Å²) in [5.74, 6) is -0.143. The quantitative estimate of drug-likeness (QED) is 0.803. The number of nitrogens with zero attached hydrogens (tertiary/aromatic N) is 2. The Labute approximate surface area is 95.3 Å². The summed E-state index contributed by atoms with van der Waals surface area (Å²) in [6.45, 7) is 6.10. The van der Waals surface area contributed by atoms with Crippen molar-refractivity contribution in [2.24, 2.45) is 0 Å². The molecule has 1 amide bonds. The molecule has 0 bridgehead atoms. The molecule has 0 radical (unpaired) electrons. The van der Waals surface area contributed by atoms with Crippen molar-refractivity contribution < 1.29 is 9.53 Å². The van der Waals surface area contributed by atoms with Gasteiger partial charge in [-0.25, -0.2) is 0 Å². The summed E-state index contributed by atoms with van der Waals surface area (Å²) < 4.78 is 5.16. The Morgan fingerprint density at radius 2 is 2.19 bits per heavy atom. The smallest absolute Gasteiger partial charge is 0.246 e. The van der Waals surface area contributed by atoms with Gasteiger partial charge in [0, 0.05) is 6.20 Å². The summed E-state index contributed by atoms with van der Waals surface area (Å²) in [6.07, 6.45) is 3.38. The number of hydrogen-bond acceptors (Lipinski definition) is 4. The number of ether oxygens (including phenoxy) is 1. The molecule has 1 heterocycles. The number of nitrogens with one attached hydrogen (secondary N) is 1. The number of rotatable bonds is 5. The Morgan fingerprint density at radius 1 is 1.44 bits per heavy atom. The van der Waals surface area contributed by atoms with Gasteiger partial charge in [0.25, 0.3) is 0 Å². The first kappa shape index (κ1) is 12.6. The highest BCUT2D eigenvalue weighted by molar-refractivity contribution is 5.77. The first-order valence-corrected chi connectivity index (χ1v) is 5.23. The minimum Gasteiger partial charge on any atom is -0.369 e. The van der Waals surface area contributed by atoms with Crippen LogP contribution >= 0.6 is 0 Å². The number of hydrogen-bond donors (Lipinski definition) is 1. The van der Waals surface area contributed by atoms with Gasteiger partial charge in [-0.15, -0.1) is 0 Å². The lowest BCUT2D eigenvalue weighted by Crippen LogP contribution is -2.28. The highest BCUT2D eigenvalue weighted by Gasteiger charge is 2.03. The van der Waals surface area contributed by atoms with E-state index in [0.29, 0.717) is 6.54 Å². The predicted octanol–water partition coefficient (Wildman–Crippen LogP) is 0.826. The minimum absolute atomic E-state index is 0.0601. The molecular formula is C11H17N3O2. The molecule has 0 aliphatic rings. The van der Waals surface area contributed by atoms with Crippen LogP contribution in [0.2, 0.25) is 0 Å². The average molecular weight is 223 g/mol. The van der Waals surface area contributed by atoms with Crippen molar-refractivity contribution in [1.82, 2.24) is 15.3 Å². The third kappa shape index (κ3) is 4.84. The molecule has 1 aromatic heterocycles. The zero-order valence-corrected chi connectivity index (χ0v) is 9.86. The molecule has 88 valence electrons. The molecule has 16 heavy (non-hydrogen) atoms. The van der Waals surface area contributed by atoms with Gasteiger partial charge in [-0.1, -0.05) is 0 Å². The van der Waals surface area contributed by atoms with Crippen molar-refractivity contribution in [3.8, 4) is 0 Å². The molecule has 0 aliphatic carbocycles. The molecule has 0 atom stereocenters. The van der Waals surface area contributed by atoms with Crippen molar-refractivity contribution in [2.45, 2.75) is 33.4 Å². The molecule has 0 saturated carbocycles. The Hall–Kier alpha value is -1.49. The van der Waals surface area contributed by atoms with Crippen LogP contribution in [0.3, 0.4) is 0 Å². The summed E-state index contributed by atoms with van der Waals surface area (Å²) in [5.41, 5.74) is 1.60. The van der Waals surface area contributed by atoms with Crippen molar-refractivity contribution in [3.63, 3.8) is 0 Å². The Bertz CT molecular complexity index is 336. The maximum absolute atomic E-state index is 11.3. The van der Waals surface area contributed by atoms with E-state index in [9.17, 15) is 4.79 Å². The fourth-order valence-corrected chi connectivity index (χ4v) is 0.993. The molecule has 1 N–H and O–H groups in total. The monoisotopic (exact) mass is 223 g/mol. The van der Waals surface area contributed by atoms with Crippen LogP contribution in [-0.4, -0.2) is 28.6 Å². The maximum Gasteiger partial charge on any atom is 0.246 e. The van der Waals surface area contributed by atoms with Crippen LogP contribution in [0.5, 0.6) is 0 Å². The first-order chi connectivity index (χ1) is 7.58. The predicted molar refractivity (Wildman–Crippen MR) is 59.7 cm³/mol. The van der Waals surface area contributed by atoms with Crippen LogP contribution in [0.1, 0.15) is 25.2 Å². The van der Waals surface area contributed by atoms with Gasteiger partial charge in [0.2, 0.25) is 5.91 Å². The SMILES string of the molecule is Cc1cnc(CNC(=O)COC(C)C)cn1. The van der Waals surface area contributed by atoms with Gasteiger partial charge in [-0.05, 0) is 20.8 Å². The van der Waals surface area contributed by atoms with E-state index in [-0.39, 0.29) is 18.6 Å². The highest BCUT2D eigenvalue weighted by Crippen LogP contribution is 1.93. The standard InChI is InChI=1S/C11H17N3O2/c1-8(2)16-7-11(15)14-6-10-5-12-9(3)4-13-10/h4-5,8H,6-7H2,1-3H3,(H,14,15). The number of aromatic nitrogens is 2. The maximum atomic E-state index is 11.3. The number of carbonyl (C=O) groups is 1. The van der Waals surface area contributed by atoms with Gasteiger partial charge >= 0.3 is 0 Å². The fraction of sp³-hybridized carbons (Fsp3) is 0.545. The Balaban J connectivity index is 2.29. The lowest BCUT2D eigenvalue weighted by molar-refractivity contribution is -0.127. The summed E-state index contributed by atoms with van der Waals surface area (Å²) in [5, 5.41) is 2.71. The third-order valence-corrected chi connectivity index (χ3v) is 1.85. The van der Waals surface area contributed by atoms with Crippen molar-refractivity contribution in [2.75, 3.05) is 6.61 Å². The zero-order valence-electron chi connectivity index (χ0n) is 9.86. The molecule has 5 heteroatoms. The third-order valence-electron chi connectivity index (χ3n) is 1.85. The van der Waals surface area contributed by atoms with Crippen LogP contribution < -0.4 is 5.32 Å². The fourth-order valence-electron chi connectivity index (χ4n) is 0.993. The van der Waals surface area contributed by atoms with Gasteiger partial charge in [0.15, 0.2) is 0 Å². The molecule has 1 rings (SSSR count). The molecule has 5 nitrogen and oxygen atoms in total. The minimum atomic E-state index is -0.143.